The molecule has 0 radical (unpaired) electrons. The van der Waals surface area contributed by atoms with Crippen LogP contribution in [-0.4, -0.2) is 27.5 Å². The molecule has 1 N–H and O–H groups in total. The number of hydrogen-bond acceptors (Lipinski definition) is 4. The van der Waals surface area contributed by atoms with E-state index in [-0.39, 0.29) is 5.75 Å². The van der Waals surface area contributed by atoms with Crippen molar-refractivity contribution in [1.29, 1.82) is 0 Å². The first-order valence-electron chi connectivity index (χ1n) is 9.22. The third-order valence-corrected chi connectivity index (χ3v) is 5.94. The van der Waals surface area contributed by atoms with Crippen LogP contribution >= 0.6 is 0 Å². The van der Waals surface area contributed by atoms with E-state index in [0.717, 1.165) is 11.1 Å². The molecule has 1 atom stereocenters. The highest BCUT2D eigenvalue weighted by Gasteiger charge is 2.35. The monoisotopic (exact) mass is 409 g/mol. The van der Waals surface area contributed by atoms with Crippen molar-refractivity contribution in [2.75, 3.05) is 7.11 Å². The van der Waals surface area contributed by atoms with E-state index in [2.05, 4.69) is 4.72 Å². The highest BCUT2D eigenvalue weighted by Crippen LogP contribution is 2.29. The van der Waals surface area contributed by atoms with E-state index in [4.69, 9.17) is 4.74 Å². The van der Waals surface area contributed by atoms with Gasteiger partial charge in [-0.05, 0) is 16.7 Å². The fraction of sp³-hybridized carbons (Fsp3) is 0.174. The molecule has 0 aliphatic carbocycles. The van der Waals surface area contributed by atoms with Crippen LogP contribution in [-0.2, 0) is 25.3 Å². The second kappa shape index (κ2) is 9.49. The van der Waals surface area contributed by atoms with Crippen LogP contribution in [0.1, 0.15) is 22.6 Å². The van der Waals surface area contributed by atoms with Crippen LogP contribution < -0.4 is 4.72 Å². The van der Waals surface area contributed by atoms with Gasteiger partial charge in [0.05, 0.1) is 12.9 Å². The Morgan fingerprint density at radius 3 is 1.72 bits per heavy atom. The maximum atomic E-state index is 12.9. The number of methoxy groups -OCH3 is 1. The van der Waals surface area contributed by atoms with Gasteiger partial charge in [0.25, 0.3) is 0 Å². The number of carbonyl (C=O) groups excluding carboxylic acids is 1. The number of ether oxygens (including phenoxy) is 1. The molecule has 29 heavy (non-hydrogen) atoms. The van der Waals surface area contributed by atoms with Crippen molar-refractivity contribution < 1.29 is 17.9 Å². The number of sulfonamides is 1. The van der Waals surface area contributed by atoms with Crippen LogP contribution in [0.4, 0.5) is 0 Å². The average molecular weight is 410 g/mol. The summed E-state index contributed by atoms with van der Waals surface area (Å²) < 4.78 is 33.3. The Balaban J connectivity index is 1.99. The van der Waals surface area contributed by atoms with Gasteiger partial charge in [0, 0.05) is 5.92 Å². The molecule has 0 saturated heterocycles. The van der Waals surface area contributed by atoms with Gasteiger partial charge in [-0.2, -0.15) is 4.72 Å². The summed E-state index contributed by atoms with van der Waals surface area (Å²) >= 11 is 0. The van der Waals surface area contributed by atoms with Gasteiger partial charge in [-0.15, -0.1) is 0 Å². The topological polar surface area (TPSA) is 72.5 Å². The highest BCUT2D eigenvalue weighted by molar-refractivity contribution is 7.88. The van der Waals surface area contributed by atoms with Gasteiger partial charge in [-0.3, -0.25) is 4.79 Å². The molecule has 3 aromatic carbocycles. The summed E-state index contributed by atoms with van der Waals surface area (Å²) in [5, 5.41) is 0. The first kappa shape index (κ1) is 20.8. The smallest absolute Gasteiger partial charge is 0.324 e. The summed E-state index contributed by atoms with van der Waals surface area (Å²) in [5.74, 6) is -1.40. The fourth-order valence-corrected chi connectivity index (χ4v) is 4.64. The molecule has 0 spiro atoms. The molecule has 0 aliphatic heterocycles. The van der Waals surface area contributed by atoms with Crippen LogP contribution in [0.3, 0.4) is 0 Å². The van der Waals surface area contributed by atoms with Crippen molar-refractivity contribution in [3.8, 4) is 0 Å². The molecule has 0 amide bonds. The van der Waals surface area contributed by atoms with Crippen molar-refractivity contribution in [2.24, 2.45) is 0 Å². The largest absolute Gasteiger partial charge is 0.468 e. The number of esters is 1. The fourth-order valence-electron chi connectivity index (χ4n) is 3.31. The molecule has 0 fully saturated rings. The molecule has 5 nitrogen and oxygen atoms in total. The maximum Gasteiger partial charge on any atom is 0.324 e. The van der Waals surface area contributed by atoms with Crippen LogP contribution in [0.15, 0.2) is 91.0 Å². The van der Waals surface area contributed by atoms with Gasteiger partial charge < -0.3 is 4.74 Å². The molecule has 1 unspecified atom stereocenters. The summed E-state index contributed by atoms with van der Waals surface area (Å²) in [6.45, 7) is 0. The minimum atomic E-state index is -3.80. The van der Waals surface area contributed by atoms with Crippen molar-refractivity contribution in [1.82, 2.24) is 4.72 Å². The van der Waals surface area contributed by atoms with Gasteiger partial charge in [0.2, 0.25) is 10.0 Å². The van der Waals surface area contributed by atoms with Gasteiger partial charge >= 0.3 is 5.97 Å². The zero-order chi connectivity index (χ0) is 20.7. The van der Waals surface area contributed by atoms with E-state index >= 15 is 0 Å². The number of carbonyl (C=O) groups is 1. The number of hydrogen-bond donors (Lipinski definition) is 1. The van der Waals surface area contributed by atoms with Crippen LogP contribution in [0.5, 0.6) is 0 Å². The Bertz CT molecular complexity index is 983. The molecule has 0 aliphatic rings. The van der Waals surface area contributed by atoms with Gasteiger partial charge in [-0.1, -0.05) is 91.0 Å². The molecule has 0 aromatic heterocycles. The second-order valence-corrected chi connectivity index (χ2v) is 8.42. The van der Waals surface area contributed by atoms with E-state index in [0.29, 0.717) is 5.56 Å². The third-order valence-electron chi connectivity index (χ3n) is 4.61. The Kier molecular flexibility index (Phi) is 6.80. The molecule has 0 saturated carbocycles. The Labute approximate surface area is 171 Å². The summed E-state index contributed by atoms with van der Waals surface area (Å²) in [4.78, 5) is 12.7. The maximum absolute atomic E-state index is 12.9. The lowest BCUT2D eigenvalue weighted by atomic mass is 9.85. The quantitative estimate of drug-likeness (QED) is 0.578. The Hall–Kier alpha value is -2.96. The van der Waals surface area contributed by atoms with E-state index in [1.807, 2.05) is 66.7 Å². The first-order valence-corrected chi connectivity index (χ1v) is 10.9. The number of nitrogens with one attached hydrogen (secondary N) is 1. The lowest BCUT2D eigenvalue weighted by molar-refractivity contribution is -0.142. The SMILES string of the molecule is COC(=O)C(NS(=O)(=O)Cc1ccccc1)C(c1ccccc1)c1ccccc1. The first-order chi connectivity index (χ1) is 14.0. The molecule has 0 heterocycles. The zero-order valence-corrected chi connectivity index (χ0v) is 16.9. The van der Waals surface area contributed by atoms with Crippen molar-refractivity contribution in [3.63, 3.8) is 0 Å². The summed E-state index contributed by atoms with van der Waals surface area (Å²) in [5.41, 5.74) is 2.27. The second-order valence-electron chi connectivity index (χ2n) is 6.66. The normalized spacial score (nSPS) is 12.5. The third kappa shape index (κ3) is 5.53. The van der Waals surface area contributed by atoms with Gasteiger partial charge in [-0.25, -0.2) is 8.42 Å². The summed E-state index contributed by atoms with van der Waals surface area (Å²) in [6.07, 6.45) is 0. The van der Waals surface area contributed by atoms with Gasteiger partial charge in [0.15, 0.2) is 0 Å². The predicted molar refractivity (Wildman–Crippen MR) is 113 cm³/mol. The van der Waals surface area contributed by atoms with Crippen molar-refractivity contribution >= 4 is 16.0 Å². The average Bonchev–Trinajstić information content (AvgIpc) is 2.74. The zero-order valence-electron chi connectivity index (χ0n) is 16.1. The minimum absolute atomic E-state index is 0.225. The summed E-state index contributed by atoms with van der Waals surface area (Å²) in [6, 6.07) is 26.4. The molecule has 3 aromatic rings. The molecule has 150 valence electrons. The predicted octanol–water partition coefficient (Wildman–Crippen LogP) is 3.48. The molecular formula is C23H23NO4S. The lowest BCUT2D eigenvalue weighted by Crippen LogP contribution is -2.46. The highest BCUT2D eigenvalue weighted by atomic mass is 32.2. The van der Waals surface area contributed by atoms with Crippen LogP contribution in [0.2, 0.25) is 0 Å². The van der Waals surface area contributed by atoms with E-state index in [1.165, 1.54) is 7.11 Å². The molecular weight excluding hydrogens is 386 g/mol. The molecule has 3 rings (SSSR count). The van der Waals surface area contributed by atoms with Crippen molar-refractivity contribution in [3.05, 3.63) is 108 Å². The number of rotatable bonds is 8. The van der Waals surface area contributed by atoms with Crippen molar-refractivity contribution in [2.45, 2.75) is 17.7 Å². The Morgan fingerprint density at radius 1 is 0.828 bits per heavy atom. The van der Waals surface area contributed by atoms with E-state index in [9.17, 15) is 13.2 Å². The Morgan fingerprint density at radius 2 is 1.28 bits per heavy atom. The molecule has 6 heteroatoms. The summed E-state index contributed by atoms with van der Waals surface area (Å²) in [7, 11) is -2.54. The van der Waals surface area contributed by atoms with Crippen LogP contribution in [0, 0.1) is 0 Å². The van der Waals surface area contributed by atoms with E-state index in [1.54, 1.807) is 24.3 Å². The van der Waals surface area contributed by atoms with E-state index < -0.39 is 28.0 Å². The lowest BCUT2D eigenvalue weighted by Gasteiger charge is -2.27. The van der Waals surface area contributed by atoms with Gasteiger partial charge in [0.1, 0.15) is 6.04 Å². The van der Waals surface area contributed by atoms with Crippen LogP contribution in [0.25, 0.3) is 0 Å². The molecule has 0 bridgehead atoms. The minimum Gasteiger partial charge on any atom is -0.468 e. The number of benzene rings is 3. The standard InChI is InChI=1S/C23H23NO4S/c1-28-23(25)22(24-29(26,27)17-18-11-5-2-6-12-18)21(19-13-7-3-8-14-19)20-15-9-4-10-16-20/h2-16,21-22,24H,17H2,1H3.